The van der Waals surface area contributed by atoms with Gasteiger partial charge < -0.3 is 0 Å². The van der Waals surface area contributed by atoms with Crippen LogP contribution in [-0.2, 0) is 10.0 Å². The summed E-state index contributed by atoms with van der Waals surface area (Å²) in [4.78, 5) is 11.1. The number of rotatable bonds is 4. The van der Waals surface area contributed by atoms with Crippen LogP contribution in [0.5, 0.6) is 0 Å². The number of nitriles is 1. The van der Waals surface area contributed by atoms with Gasteiger partial charge in [-0.15, -0.1) is 0 Å². The van der Waals surface area contributed by atoms with Gasteiger partial charge in [-0.1, -0.05) is 12.1 Å². The van der Waals surface area contributed by atoms with E-state index in [1.165, 1.54) is 43.3 Å². The maximum absolute atomic E-state index is 12.3. The molecule has 0 spiro atoms. The SMILES string of the molecule is CC(=O)c1ccc(NS(=O)(=O)c2ccccc2C#N)cc1. The lowest BCUT2D eigenvalue weighted by molar-refractivity contribution is 0.101. The Balaban J connectivity index is 2.34. The summed E-state index contributed by atoms with van der Waals surface area (Å²) in [6.45, 7) is 1.43. The number of sulfonamides is 1. The fraction of sp³-hybridized carbons (Fsp3) is 0.0667. The first kappa shape index (κ1) is 14.8. The molecule has 0 bridgehead atoms. The average molecular weight is 300 g/mol. The predicted octanol–water partition coefficient (Wildman–Crippen LogP) is 2.56. The van der Waals surface area contributed by atoms with Gasteiger partial charge in [-0.05, 0) is 43.3 Å². The Morgan fingerprint density at radius 3 is 2.29 bits per heavy atom. The predicted molar refractivity (Wildman–Crippen MR) is 78.4 cm³/mol. The highest BCUT2D eigenvalue weighted by Crippen LogP contribution is 2.19. The molecule has 6 heteroatoms. The molecule has 0 aliphatic heterocycles. The molecule has 0 aliphatic rings. The Kier molecular flexibility index (Phi) is 4.05. The van der Waals surface area contributed by atoms with Crippen LogP contribution in [0, 0.1) is 11.3 Å². The second-order valence-electron chi connectivity index (χ2n) is 4.35. The number of anilines is 1. The highest BCUT2D eigenvalue weighted by atomic mass is 32.2. The van der Waals surface area contributed by atoms with Crippen LogP contribution in [0.4, 0.5) is 5.69 Å². The molecule has 21 heavy (non-hydrogen) atoms. The molecule has 0 fully saturated rings. The lowest BCUT2D eigenvalue weighted by atomic mass is 10.1. The van der Waals surface area contributed by atoms with E-state index in [1.54, 1.807) is 12.1 Å². The molecular weight excluding hydrogens is 288 g/mol. The number of ketones is 1. The molecule has 106 valence electrons. The van der Waals surface area contributed by atoms with Crippen LogP contribution in [0.25, 0.3) is 0 Å². The average Bonchev–Trinajstić information content (AvgIpc) is 2.47. The fourth-order valence-electron chi connectivity index (χ4n) is 1.78. The molecular formula is C15H12N2O3S. The molecule has 2 aromatic carbocycles. The van der Waals surface area contributed by atoms with Gasteiger partial charge in [0.15, 0.2) is 5.78 Å². The van der Waals surface area contributed by atoms with E-state index in [-0.39, 0.29) is 16.2 Å². The Labute approximate surface area is 122 Å². The summed E-state index contributed by atoms with van der Waals surface area (Å²) in [6, 6.07) is 13.9. The highest BCUT2D eigenvalue weighted by molar-refractivity contribution is 7.92. The van der Waals surface area contributed by atoms with E-state index in [2.05, 4.69) is 4.72 Å². The highest BCUT2D eigenvalue weighted by Gasteiger charge is 2.18. The lowest BCUT2D eigenvalue weighted by Crippen LogP contribution is -2.14. The molecule has 2 rings (SSSR count). The number of nitrogens with one attached hydrogen (secondary N) is 1. The van der Waals surface area contributed by atoms with Crippen molar-refractivity contribution in [1.29, 1.82) is 5.26 Å². The van der Waals surface area contributed by atoms with Crippen molar-refractivity contribution in [2.45, 2.75) is 11.8 Å². The van der Waals surface area contributed by atoms with Crippen LogP contribution in [0.1, 0.15) is 22.8 Å². The smallest absolute Gasteiger partial charge is 0.263 e. The van der Waals surface area contributed by atoms with Crippen molar-refractivity contribution >= 4 is 21.5 Å². The summed E-state index contributed by atoms with van der Waals surface area (Å²) >= 11 is 0. The van der Waals surface area contributed by atoms with Gasteiger partial charge in [0.05, 0.1) is 5.56 Å². The van der Waals surface area contributed by atoms with Crippen molar-refractivity contribution in [3.05, 3.63) is 59.7 Å². The lowest BCUT2D eigenvalue weighted by Gasteiger charge is -2.09. The van der Waals surface area contributed by atoms with E-state index < -0.39 is 10.0 Å². The molecule has 0 aliphatic carbocycles. The zero-order valence-electron chi connectivity index (χ0n) is 11.2. The third kappa shape index (κ3) is 3.27. The van der Waals surface area contributed by atoms with E-state index in [9.17, 15) is 13.2 Å². The molecule has 0 saturated heterocycles. The Bertz CT molecular complexity index is 819. The molecule has 5 nitrogen and oxygen atoms in total. The van der Waals surface area contributed by atoms with Crippen LogP contribution in [0.15, 0.2) is 53.4 Å². The maximum atomic E-state index is 12.3. The maximum Gasteiger partial charge on any atom is 0.263 e. The third-order valence-corrected chi connectivity index (χ3v) is 4.28. The largest absolute Gasteiger partial charge is 0.295 e. The first-order valence-electron chi connectivity index (χ1n) is 6.07. The van der Waals surface area contributed by atoms with Crippen molar-refractivity contribution < 1.29 is 13.2 Å². The van der Waals surface area contributed by atoms with Crippen molar-refractivity contribution in [2.75, 3.05) is 4.72 Å². The van der Waals surface area contributed by atoms with Crippen molar-refractivity contribution in [2.24, 2.45) is 0 Å². The van der Waals surface area contributed by atoms with Crippen LogP contribution in [0.2, 0.25) is 0 Å². The summed E-state index contributed by atoms with van der Waals surface area (Å²) < 4.78 is 26.9. The molecule has 0 atom stereocenters. The number of carbonyl (C=O) groups excluding carboxylic acids is 1. The van der Waals surface area contributed by atoms with E-state index in [1.807, 2.05) is 6.07 Å². The van der Waals surface area contributed by atoms with Crippen molar-refractivity contribution in [3.63, 3.8) is 0 Å². The van der Waals surface area contributed by atoms with Gasteiger partial charge >= 0.3 is 0 Å². The number of carbonyl (C=O) groups is 1. The molecule has 0 saturated carbocycles. The quantitative estimate of drug-likeness (QED) is 0.879. The normalized spacial score (nSPS) is 10.7. The standard InChI is InChI=1S/C15H12N2O3S/c1-11(18)12-6-8-14(9-7-12)17-21(19,20)15-5-3-2-4-13(15)10-16/h2-9,17H,1H3. The minimum absolute atomic E-state index is 0.0744. The summed E-state index contributed by atoms with van der Waals surface area (Å²) in [5.41, 5.74) is 0.897. The van der Waals surface area contributed by atoms with Crippen LogP contribution in [-0.4, -0.2) is 14.2 Å². The van der Waals surface area contributed by atoms with Gasteiger partial charge in [-0.3, -0.25) is 9.52 Å². The summed E-state index contributed by atoms with van der Waals surface area (Å²) in [6.07, 6.45) is 0. The van der Waals surface area contributed by atoms with Crippen molar-refractivity contribution in [1.82, 2.24) is 0 Å². The number of hydrogen-bond acceptors (Lipinski definition) is 4. The van der Waals surface area contributed by atoms with Crippen molar-refractivity contribution in [3.8, 4) is 6.07 Å². The number of nitrogens with zero attached hydrogens (tertiary/aromatic N) is 1. The topological polar surface area (TPSA) is 87.0 Å². The Hall–Kier alpha value is -2.65. The van der Waals surface area contributed by atoms with Gasteiger partial charge in [0, 0.05) is 11.3 Å². The molecule has 0 radical (unpaired) electrons. The number of Topliss-reactive ketones (excluding diaryl/α,β-unsaturated/α-hetero) is 1. The zero-order valence-corrected chi connectivity index (χ0v) is 12.0. The molecule has 0 unspecified atom stereocenters. The minimum atomic E-state index is -3.85. The Morgan fingerprint density at radius 1 is 1.10 bits per heavy atom. The minimum Gasteiger partial charge on any atom is -0.295 e. The van der Waals surface area contributed by atoms with E-state index in [0.717, 1.165) is 0 Å². The van der Waals surface area contributed by atoms with Gasteiger partial charge in [-0.2, -0.15) is 5.26 Å². The second kappa shape index (κ2) is 5.77. The number of benzene rings is 2. The first-order chi connectivity index (χ1) is 9.94. The molecule has 0 amide bonds. The monoisotopic (exact) mass is 300 g/mol. The third-order valence-electron chi connectivity index (χ3n) is 2.84. The van der Waals surface area contributed by atoms with Crippen LogP contribution < -0.4 is 4.72 Å². The van der Waals surface area contributed by atoms with Gasteiger partial charge in [-0.25, -0.2) is 8.42 Å². The van der Waals surface area contributed by atoms with Gasteiger partial charge in [0.1, 0.15) is 11.0 Å². The molecule has 1 N–H and O–H groups in total. The van der Waals surface area contributed by atoms with E-state index in [0.29, 0.717) is 11.3 Å². The number of hydrogen-bond donors (Lipinski definition) is 1. The fourth-order valence-corrected chi connectivity index (χ4v) is 2.99. The van der Waals surface area contributed by atoms with E-state index >= 15 is 0 Å². The van der Waals surface area contributed by atoms with E-state index in [4.69, 9.17) is 5.26 Å². The summed E-state index contributed by atoms with van der Waals surface area (Å²) in [7, 11) is -3.85. The second-order valence-corrected chi connectivity index (χ2v) is 6.00. The summed E-state index contributed by atoms with van der Waals surface area (Å²) in [5.74, 6) is -0.0979. The first-order valence-corrected chi connectivity index (χ1v) is 7.55. The molecule has 0 heterocycles. The molecule has 0 aromatic heterocycles. The zero-order chi connectivity index (χ0) is 15.5. The van der Waals surface area contributed by atoms with Gasteiger partial charge in [0.25, 0.3) is 10.0 Å². The summed E-state index contributed by atoms with van der Waals surface area (Å²) in [5, 5.41) is 8.97. The van der Waals surface area contributed by atoms with Crippen LogP contribution >= 0.6 is 0 Å². The van der Waals surface area contributed by atoms with Gasteiger partial charge in [0.2, 0.25) is 0 Å². The molecule has 2 aromatic rings. The van der Waals surface area contributed by atoms with Crippen LogP contribution in [0.3, 0.4) is 0 Å². The Morgan fingerprint density at radius 2 is 1.71 bits per heavy atom.